The lowest BCUT2D eigenvalue weighted by molar-refractivity contribution is -0.0501. The first-order valence-electron chi connectivity index (χ1n) is 5.80. The van der Waals surface area contributed by atoms with Gasteiger partial charge < -0.3 is 10.1 Å². The Balaban J connectivity index is 2.29. The van der Waals surface area contributed by atoms with Crippen molar-refractivity contribution in [1.82, 2.24) is 9.78 Å². The third-order valence-electron chi connectivity index (χ3n) is 2.64. The average Bonchev–Trinajstić information content (AvgIpc) is 2.79. The van der Waals surface area contributed by atoms with Crippen molar-refractivity contribution in [3.05, 3.63) is 41.6 Å². The summed E-state index contributed by atoms with van der Waals surface area (Å²) in [7, 11) is 1.54. The number of carbonyl (C=O) groups excluding carboxylic acids is 1. The van der Waals surface area contributed by atoms with E-state index in [4.69, 9.17) is 5.26 Å². The average molecular weight is 292 g/mol. The summed E-state index contributed by atoms with van der Waals surface area (Å²) in [6.45, 7) is -3.04. The molecule has 6 nitrogen and oxygen atoms in total. The summed E-state index contributed by atoms with van der Waals surface area (Å²) in [4.78, 5) is 12.1. The lowest BCUT2D eigenvalue weighted by atomic mass is 10.2. The van der Waals surface area contributed by atoms with Gasteiger partial charge >= 0.3 is 6.61 Å². The molecule has 108 valence electrons. The summed E-state index contributed by atoms with van der Waals surface area (Å²) in [5.41, 5.74) is 0.0981. The molecule has 0 unspecified atom stereocenters. The van der Waals surface area contributed by atoms with Crippen molar-refractivity contribution in [2.24, 2.45) is 7.05 Å². The van der Waals surface area contributed by atoms with Crippen molar-refractivity contribution in [1.29, 1.82) is 5.26 Å². The molecule has 0 atom stereocenters. The van der Waals surface area contributed by atoms with E-state index in [9.17, 15) is 13.6 Å². The first-order valence-corrected chi connectivity index (χ1v) is 5.80. The highest BCUT2D eigenvalue weighted by atomic mass is 19.3. The van der Waals surface area contributed by atoms with Crippen LogP contribution < -0.4 is 10.1 Å². The molecule has 2 rings (SSSR count). The first-order chi connectivity index (χ1) is 10.0. The SMILES string of the molecule is Cn1ncc(C#N)c1NC(=O)c1ccccc1OC(F)F. The van der Waals surface area contributed by atoms with E-state index in [1.807, 2.05) is 6.07 Å². The van der Waals surface area contributed by atoms with Gasteiger partial charge in [0.25, 0.3) is 5.91 Å². The van der Waals surface area contributed by atoms with Crippen molar-refractivity contribution in [3.63, 3.8) is 0 Å². The second-order valence-corrected chi connectivity index (χ2v) is 3.97. The maximum Gasteiger partial charge on any atom is 0.387 e. The predicted octanol–water partition coefficient (Wildman–Crippen LogP) is 2.15. The fourth-order valence-electron chi connectivity index (χ4n) is 1.70. The van der Waals surface area contributed by atoms with Gasteiger partial charge in [0.05, 0.1) is 11.8 Å². The Morgan fingerprint density at radius 1 is 1.48 bits per heavy atom. The van der Waals surface area contributed by atoms with Crippen LogP contribution in [0.2, 0.25) is 0 Å². The van der Waals surface area contributed by atoms with Gasteiger partial charge in [0, 0.05) is 7.05 Å². The maximum absolute atomic E-state index is 12.3. The van der Waals surface area contributed by atoms with Crippen LogP contribution >= 0.6 is 0 Å². The third-order valence-corrected chi connectivity index (χ3v) is 2.64. The molecule has 0 aliphatic carbocycles. The second kappa shape index (κ2) is 6.00. The molecule has 1 aromatic heterocycles. The fraction of sp³-hybridized carbons (Fsp3) is 0.154. The minimum Gasteiger partial charge on any atom is -0.434 e. The Bertz CT molecular complexity index is 706. The zero-order chi connectivity index (χ0) is 15.4. The number of anilines is 1. The minimum absolute atomic E-state index is 0.0668. The first kappa shape index (κ1) is 14.5. The van der Waals surface area contributed by atoms with Crippen LogP contribution in [0.1, 0.15) is 15.9 Å². The highest BCUT2D eigenvalue weighted by molar-refractivity contribution is 6.06. The Hall–Kier alpha value is -2.95. The van der Waals surface area contributed by atoms with E-state index in [1.165, 1.54) is 42.2 Å². The number of ether oxygens (including phenoxy) is 1. The molecule has 8 heteroatoms. The molecule has 21 heavy (non-hydrogen) atoms. The number of aryl methyl sites for hydroxylation is 1. The summed E-state index contributed by atoms with van der Waals surface area (Å²) in [5.74, 6) is -0.744. The second-order valence-electron chi connectivity index (χ2n) is 3.97. The molecule has 0 aliphatic heterocycles. The van der Waals surface area contributed by atoms with Gasteiger partial charge in [-0.15, -0.1) is 0 Å². The largest absolute Gasteiger partial charge is 0.434 e. The highest BCUT2D eigenvalue weighted by Gasteiger charge is 2.18. The number of aromatic nitrogens is 2. The van der Waals surface area contributed by atoms with Gasteiger partial charge in [0.2, 0.25) is 0 Å². The molecule has 0 aliphatic rings. The van der Waals surface area contributed by atoms with E-state index >= 15 is 0 Å². The minimum atomic E-state index is -3.04. The molecule has 1 aromatic carbocycles. The van der Waals surface area contributed by atoms with Crippen LogP contribution in [0, 0.1) is 11.3 Å². The Morgan fingerprint density at radius 2 is 2.19 bits per heavy atom. The number of nitrogens with zero attached hydrogens (tertiary/aromatic N) is 3. The zero-order valence-electron chi connectivity index (χ0n) is 10.9. The van der Waals surface area contributed by atoms with Gasteiger partial charge in [-0.25, -0.2) is 0 Å². The number of para-hydroxylation sites is 1. The molecule has 0 radical (unpaired) electrons. The fourth-order valence-corrected chi connectivity index (χ4v) is 1.70. The quantitative estimate of drug-likeness (QED) is 0.936. The standard InChI is InChI=1S/C13H10F2N4O2/c1-19-11(8(6-16)7-17-19)18-12(20)9-4-2-3-5-10(9)21-13(14)15/h2-5,7,13H,1H3,(H,18,20). The number of carbonyl (C=O) groups is 1. The molecule has 1 amide bonds. The Morgan fingerprint density at radius 3 is 2.86 bits per heavy atom. The lowest BCUT2D eigenvalue weighted by Gasteiger charge is -2.11. The molecule has 2 aromatic rings. The maximum atomic E-state index is 12.3. The van der Waals surface area contributed by atoms with E-state index in [1.54, 1.807) is 0 Å². The van der Waals surface area contributed by atoms with Gasteiger partial charge in [-0.1, -0.05) is 12.1 Å². The van der Waals surface area contributed by atoms with Gasteiger partial charge in [-0.2, -0.15) is 19.1 Å². The van der Waals surface area contributed by atoms with Gasteiger partial charge in [0.15, 0.2) is 0 Å². The number of nitriles is 1. The third kappa shape index (κ3) is 3.14. The molecule has 0 bridgehead atoms. The van der Waals surface area contributed by atoms with Gasteiger partial charge in [-0.3, -0.25) is 9.48 Å². The number of hydrogen-bond donors (Lipinski definition) is 1. The summed E-state index contributed by atoms with van der Waals surface area (Å²) >= 11 is 0. The topological polar surface area (TPSA) is 79.9 Å². The van der Waals surface area contributed by atoms with Crippen LogP contribution in [-0.4, -0.2) is 22.3 Å². The molecule has 1 N–H and O–H groups in total. The summed E-state index contributed by atoms with van der Waals surface area (Å²) in [6, 6.07) is 7.46. The zero-order valence-corrected chi connectivity index (χ0v) is 10.9. The van der Waals surface area contributed by atoms with Gasteiger partial charge in [-0.05, 0) is 12.1 Å². The molecule has 0 saturated carbocycles. The summed E-state index contributed by atoms with van der Waals surface area (Å²) in [5, 5.41) is 15.2. The van der Waals surface area contributed by atoms with Crippen molar-refractivity contribution in [3.8, 4) is 11.8 Å². The molecular formula is C13H10F2N4O2. The molecular weight excluding hydrogens is 282 g/mol. The summed E-state index contributed by atoms with van der Waals surface area (Å²) < 4.78 is 30.2. The number of nitrogens with one attached hydrogen (secondary N) is 1. The van der Waals surface area contributed by atoms with Crippen LogP contribution in [0.4, 0.5) is 14.6 Å². The molecule has 1 heterocycles. The van der Waals surface area contributed by atoms with Crippen LogP contribution in [0.15, 0.2) is 30.5 Å². The normalized spacial score (nSPS) is 10.2. The van der Waals surface area contributed by atoms with Crippen molar-refractivity contribution < 1.29 is 18.3 Å². The number of halogens is 2. The van der Waals surface area contributed by atoms with Crippen LogP contribution in [-0.2, 0) is 7.05 Å². The lowest BCUT2D eigenvalue weighted by Crippen LogP contribution is -2.17. The predicted molar refractivity (Wildman–Crippen MR) is 69.0 cm³/mol. The van der Waals surface area contributed by atoms with E-state index in [0.717, 1.165) is 0 Å². The number of rotatable bonds is 4. The highest BCUT2D eigenvalue weighted by Crippen LogP contribution is 2.22. The van der Waals surface area contributed by atoms with E-state index in [2.05, 4.69) is 15.2 Å². The molecule has 0 saturated heterocycles. The van der Waals surface area contributed by atoms with Crippen LogP contribution in [0.25, 0.3) is 0 Å². The van der Waals surface area contributed by atoms with Crippen LogP contribution in [0.5, 0.6) is 5.75 Å². The Kier molecular flexibility index (Phi) is 4.13. The van der Waals surface area contributed by atoms with E-state index in [0.29, 0.717) is 0 Å². The monoisotopic (exact) mass is 292 g/mol. The Labute approximate surface area is 118 Å². The van der Waals surface area contributed by atoms with Gasteiger partial charge in [0.1, 0.15) is 23.2 Å². The van der Waals surface area contributed by atoms with Crippen molar-refractivity contribution in [2.45, 2.75) is 6.61 Å². The number of hydrogen-bond acceptors (Lipinski definition) is 4. The van der Waals surface area contributed by atoms with E-state index in [-0.39, 0.29) is 22.7 Å². The summed E-state index contributed by atoms with van der Waals surface area (Å²) in [6.07, 6.45) is 1.29. The molecule has 0 spiro atoms. The molecule has 0 fully saturated rings. The smallest absolute Gasteiger partial charge is 0.387 e. The number of alkyl halides is 2. The van der Waals surface area contributed by atoms with Crippen molar-refractivity contribution in [2.75, 3.05) is 5.32 Å². The van der Waals surface area contributed by atoms with Crippen molar-refractivity contribution >= 4 is 11.7 Å². The number of amides is 1. The number of benzene rings is 1. The van der Waals surface area contributed by atoms with E-state index < -0.39 is 12.5 Å². The van der Waals surface area contributed by atoms with Crippen LogP contribution in [0.3, 0.4) is 0 Å².